The molecular weight excluding hydrogens is 390 g/mol. The number of amides is 2. The summed E-state index contributed by atoms with van der Waals surface area (Å²) in [7, 11) is 0. The molecule has 1 aliphatic heterocycles. The number of nitrogens with zero attached hydrogens (tertiary/aromatic N) is 3. The Morgan fingerprint density at radius 3 is 2.67 bits per heavy atom. The normalized spacial score (nSPS) is 15.9. The Balaban J connectivity index is 1.62. The number of anilines is 2. The van der Waals surface area contributed by atoms with Crippen molar-refractivity contribution >= 4 is 40.8 Å². The van der Waals surface area contributed by atoms with Crippen LogP contribution in [0.1, 0.15) is 12.0 Å². The topological polar surface area (TPSA) is 164 Å². The minimum Gasteiger partial charge on any atom is -0.369 e. The van der Waals surface area contributed by atoms with Crippen molar-refractivity contribution in [3.63, 3.8) is 0 Å². The Bertz CT molecular complexity index is 1050. The van der Waals surface area contributed by atoms with Crippen LogP contribution in [-0.2, 0) is 9.59 Å². The maximum Gasteiger partial charge on any atom is 0.274 e. The summed E-state index contributed by atoms with van der Waals surface area (Å²) in [4.78, 5) is 42.9. The van der Waals surface area contributed by atoms with E-state index in [0.717, 1.165) is 0 Å². The molecule has 0 saturated heterocycles. The van der Waals surface area contributed by atoms with Gasteiger partial charge >= 0.3 is 0 Å². The fourth-order valence-electron chi connectivity index (χ4n) is 2.71. The minimum absolute atomic E-state index is 0.00953. The Kier molecular flexibility index (Phi) is 6.01. The molecule has 0 aromatic heterocycles. The summed E-state index contributed by atoms with van der Waals surface area (Å²) in [5.41, 5.74) is 7.14. The van der Waals surface area contributed by atoms with Gasteiger partial charge in [0, 0.05) is 23.0 Å². The molecule has 30 heavy (non-hydrogen) atoms. The van der Waals surface area contributed by atoms with Gasteiger partial charge in [0.25, 0.3) is 11.6 Å². The molecule has 1 aliphatic rings. The highest BCUT2D eigenvalue weighted by Gasteiger charge is 2.29. The van der Waals surface area contributed by atoms with E-state index in [-0.39, 0.29) is 29.7 Å². The predicted octanol–water partition coefficient (Wildman–Crippen LogP) is 1.51. The maximum atomic E-state index is 12.2. The number of para-hydroxylation sites is 1. The molecule has 0 fully saturated rings. The summed E-state index contributed by atoms with van der Waals surface area (Å²) < 4.78 is 0. The average molecular weight is 409 g/mol. The van der Waals surface area contributed by atoms with Gasteiger partial charge in [-0.1, -0.05) is 24.3 Å². The van der Waals surface area contributed by atoms with Gasteiger partial charge in [-0.15, -0.1) is 0 Å². The SMILES string of the molecule is Cc1ccc(NC(=O)CC2N=C(/N=C(\N)Nc3ccccc3)NC2=O)cc1[N+](=O)[O-]. The number of carbonyl (C=O) groups is 2. The molecule has 2 aromatic carbocycles. The first kappa shape index (κ1) is 20.5. The van der Waals surface area contributed by atoms with Gasteiger partial charge in [-0.05, 0) is 25.1 Å². The van der Waals surface area contributed by atoms with Crippen LogP contribution in [0.15, 0.2) is 58.5 Å². The Morgan fingerprint density at radius 2 is 1.97 bits per heavy atom. The van der Waals surface area contributed by atoms with E-state index in [0.29, 0.717) is 11.3 Å². The molecule has 5 N–H and O–H groups in total. The van der Waals surface area contributed by atoms with Gasteiger partial charge in [0.1, 0.15) is 6.04 Å². The second-order valence-electron chi connectivity index (χ2n) is 6.46. The summed E-state index contributed by atoms with van der Waals surface area (Å²) in [6.45, 7) is 1.60. The third-order valence-electron chi connectivity index (χ3n) is 4.16. The van der Waals surface area contributed by atoms with Crippen molar-refractivity contribution in [3.8, 4) is 0 Å². The molecule has 0 saturated carbocycles. The fourth-order valence-corrected chi connectivity index (χ4v) is 2.71. The Morgan fingerprint density at radius 1 is 1.23 bits per heavy atom. The average Bonchev–Trinajstić information content (AvgIpc) is 3.02. The van der Waals surface area contributed by atoms with Crippen LogP contribution < -0.4 is 21.7 Å². The van der Waals surface area contributed by atoms with Crippen LogP contribution in [0.25, 0.3) is 0 Å². The molecule has 0 spiro atoms. The number of benzene rings is 2. The van der Waals surface area contributed by atoms with E-state index in [1.807, 2.05) is 18.2 Å². The van der Waals surface area contributed by atoms with Crippen LogP contribution in [-0.4, -0.2) is 34.7 Å². The van der Waals surface area contributed by atoms with Crippen LogP contribution in [0.5, 0.6) is 0 Å². The lowest BCUT2D eigenvalue weighted by molar-refractivity contribution is -0.385. The number of aryl methyl sites for hydroxylation is 1. The van der Waals surface area contributed by atoms with Crippen LogP contribution >= 0.6 is 0 Å². The molecule has 2 aromatic rings. The zero-order valence-corrected chi connectivity index (χ0v) is 16.0. The summed E-state index contributed by atoms with van der Waals surface area (Å²) >= 11 is 0. The molecule has 3 rings (SSSR count). The van der Waals surface area contributed by atoms with Crippen LogP contribution in [0.4, 0.5) is 17.1 Å². The fraction of sp³-hybridized carbons (Fsp3) is 0.158. The van der Waals surface area contributed by atoms with Crippen LogP contribution in [0.2, 0.25) is 0 Å². The van der Waals surface area contributed by atoms with Gasteiger partial charge in [0.15, 0.2) is 0 Å². The number of nitro benzene ring substituents is 1. The molecule has 11 heteroatoms. The molecule has 154 valence electrons. The standard InChI is InChI=1S/C19H19N7O4/c1-11-7-8-13(9-15(11)26(29)30)21-16(27)10-14-17(28)24-19(23-14)25-18(20)22-12-5-3-2-4-6-12/h2-9,14H,10H2,1H3,(H,21,27)(H4,20,22,23,24,25,28). The first-order valence-corrected chi connectivity index (χ1v) is 8.91. The maximum absolute atomic E-state index is 12.2. The van der Waals surface area contributed by atoms with E-state index in [9.17, 15) is 19.7 Å². The highest BCUT2D eigenvalue weighted by Crippen LogP contribution is 2.22. The van der Waals surface area contributed by atoms with Gasteiger partial charge in [0.05, 0.1) is 11.3 Å². The molecule has 0 aliphatic carbocycles. The summed E-state index contributed by atoms with van der Waals surface area (Å²) in [5, 5.41) is 18.9. The monoisotopic (exact) mass is 409 g/mol. The van der Waals surface area contributed by atoms with Crippen molar-refractivity contribution in [1.29, 1.82) is 0 Å². The number of nitrogens with two attached hydrogens (primary N) is 1. The smallest absolute Gasteiger partial charge is 0.274 e. The highest BCUT2D eigenvalue weighted by molar-refractivity contribution is 6.11. The van der Waals surface area contributed by atoms with Crippen molar-refractivity contribution in [2.45, 2.75) is 19.4 Å². The number of carbonyl (C=O) groups excluding carboxylic acids is 2. The molecule has 1 unspecified atom stereocenters. The van der Waals surface area contributed by atoms with Crippen molar-refractivity contribution in [1.82, 2.24) is 5.32 Å². The Labute approximate surface area is 171 Å². The number of nitrogens with one attached hydrogen (secondary N) is 3. The summed E-state index contributed by atoms with van der Waals surface area (Å²) in [6, 6.07) is 12.4. The molecule has 0 radical (unpaired) electrons. The van der Waals surface area contributed by atoms with E-state index in [2.05, 4.69) is 25.9 Å². The van der Waals surface area contributed by atoms with Gasteiger partial charge in [-0.25, -0.2) is 4.99 Å². The lowest BCUT2D eigenvalue weighted by Crippen LogP contribution is -2.32. The third-order valence-corrected chi connectivity index (χ3v) is 4.16. The molecule has 1 atom stereocenters. The number of aliphatic imine (C=N–C) groups is 2. The van der Waals surface area contributed by atoms with Crippen molar-refractivity contribution < 1.29 is 14.5 Å². The number of nitro groups is 1. The second-order valence-corrected chi connectivity index (χ2v) is 6.46. The molecular formula is C19H19N7O4. The number of hydrogen-bond acceptors (Lipinski definition) is 6. The summed E-state index contributed by atoms with van der Waals surface area (Å²) in [6.07, 6.45) is -0.251. The number of guanidine groups is 2. The van der Waals surface area contributed by atoms with Crippen molar-refractivity contribution in [2.75, 3.05) is 10.6 Å². The number of rotatable bonds is 5. The van der Waals surface area contributed by atoms with Gasteiger partial charge in [-0.3, -0.25) is 25.0 Å². The number of hydrogen-bond donors (Lipinski definition) is 4. The molecule has 0 bridgehead atoms. The lowest BCUT2D eigenvalue weighted by atomic mass is 10.1. The molecule has 2 amide bonds. The van der Waals surface area contributed by atoms with E-state index >= 15 is 0 Å². The first-order chi connectivity index (χ1) is 14.3. The van der Waals surface area contributed by atoms with E-state index in [4.69, 9.17) is 5.73 Å². The minimum atomic E-state index is -0.978. The van der Waals surface area contributed by atoms with Crippen LogP contribution in [0, 0.1) is 17.0 Å². The highest BCUT2D eigenvalue weighted by atomic mass is 16.6. The quantitative estimate of drug-likeness (QED) is 0.253. The largest absolute Gasteiger partial charge is 0.369 e. The Hall–Kier alpha value is -4.28. The zero-order chi connectivity index (χ0) is 21.7. The third kappa shape index (κ3) is 5.16. The van der Waals surface area contributed by atoms with Crippen molar-refractivity contribution in [2.24, 2.45) is 15.7 Å². The van der Waals surface area contributed by atoms with Gasteiger partial charge in [0.2, 0.25) is 17.8 Å². The summed E-state index contributed by atoms with van der Waals surface area (Å²) in [5.74, 6) is -0.994. The lowest BCUT2D eigenvalue weighted by Gasteiger charge is -2.07. The first-order valence-electron chi connectivity index (χ1n) is 8.91. The van der Waals surface area contributed by atoms with Gasteiger partial charge in [-0.2, -0.15) is 4.99 Å². The van der Waals surface area contributed by atoms with Crippen molar-refractivity contribution in [3.05, 3.63) is 64.2 Å². The van der Waals surface area contributed by atoms with E-state index in [1.165, 1.54) is 12.1 Å². The van der Waals surface area contributed by atoms with Gasteiger partial charge < -0.3 is 16.4 Å². The van der Waals surface area contributed by atoms with E-state index in [1.54, 1.807) is 25.1 Å². The molecule has 1 heterocycles. The molecule has 11 nitrogen and oxygen atoms in total. The van der Waals surface area contributed by atoms with E-state index < -0.39 is 22.8 Å². The predicted molar refractivity (Wildman–Crippen MR) is 112 cm³/mol. The zero-order valence-electron chi connectivity index (χ0n) is 16.0. The van der Waals surface area contributed by atoms with Crippen LogP contribution in [0.3, 0.4) is 0 Å². The second kappa shape index (κ2) is 8.82.